The fourth-order valence-electron chi connectivity index (χ4n) is 5.06. The molecule has 0 bridgehead atoms. The zero-order valence-corrected chi connectivity index (χ0v) is 18.4. The van der Waals surface area contributed by atoms with Gasteiger partial charge in [0.15, 0.2) is 5.65 Å². The molecule has 4 nitrogen and oxygen atoms in total. The number of nitrogens with zero attached hydrogens (tertiary/aromatic N) is 4. The van der Waals surface area contributed by atoms with Crippen LogP contribution in [-0.4, -0.2) is 22.5 Å². The lowest BCUT2D eigenvalue weighted by Gasteiger charge is -2.38. The number of para-hydroxylation sites is 2. The third-order valence-electron chi connectivity index (χ3n) is 6.35. The van der Waals surface area contributed by atoms with E-state index < -0.39 is 0 Å². The van der Waals surface area contributed by atoms with Crippen LogP contribution >= 0.6 is 0 Å². The zero-order valence-electron chi connectivity index (χ0n) is 18.4. The Labute approximate surface area is 174 Å². The van der Waals surface area contributed by atoms with Gasteiger partial charge in [0, 0.05) is 13.1 Å². The molecule has 0 spiro atoms. The first-order valence-corrected chi connectivity index (χ1v) is 11.0. The summed E-state index contributed by atoms with van der Waals surface area (Å²) in [5.41, 5.74) is 6.03. The number of hydrogen-bond acceptors (Lipinski definition) is 3. The lowest BCUT2D eigenvalue weighted by atomic mass is 9.90. The van der Waals surface area contributed by atoms with Gasteiger partial charge >= 0.3 is 0 Å². The first-order chi connectivity index (χ1) is 13.9. The average molecular weight is 389 g/mol. The van der Waals surface area contributed by atoms with Crippen LogP contribution in [0.2, 0.25) is 0 Å². The van der Waals surface area contributed by atoms with Gasteiger partial charge in [-0.1, -0.05) is 39.8 Å². The van der Waals surface area contributed by atoms with Gasteiger partial charge in [-0.3, -0.25) is 4.40 Å². The predicted octanol–water partition coefficient (Wildman–Crippen LogP) is 5.74. The number of hydrogen-bond donors (Lipinski definition) is 0. The number of rotatable bonds is 4. The lowest BCUT2D eigenvalue weighted by molar-refractivity contribution is 0.354. The second-order valence-electron chi connectivity index (χ2n) is 9.46. The van der Waals surface area contributed by atoms with Crippen LogP contribution in [0.1, 0.15) is 57.2 Å². The van der Waals surface area contributed by atoms with Crippen LogP contribution in [0.4, 0.5) is 5.82 Å². The number of imidazole rings is 1. The molecular weight excluding hydrogens is 356 g/mol. The quantitative estimate of drug-likeness (QED) is 0.572. The third-order valence-corrected chi connectivity index (χ3v) is 6.35. The highest BCUT2D eigenvalue weighted by Gasteiger charge is 2.29. The molecular formula is C25H32N4. The second-order valence-corrected chi connectivity index (χ2v) is 9.46. The van der Waals surface area contributed by atoms with E-state index >= 15 is 0 Å². The molecule has 1 aromatic carbocycles. The largest absolute Gasteiger partial charge is 0.357 e. The summed E-state index contributed by atoms with van der Waals surface area (Å²) >= 11 is 0. The normalized spacial score (nSPS) is 20.0. The van der Waals surface area contributed by atoms with Crippen molar-refractivity contribution in [3.8, 4) is 6.07 Å². The Morgan fingerprint density at radius 1 is 1.17 bits per heavy atom. The maximum Gasteiger partial charge on any atom is 0.157 e. The minimum absolute atomic E-state index is 0.627. The Kier molecular flexibility index (Phi) is 5.25. The molecule has 1 aliphatic heterocycles. The van der Waals surface area contributed by atoms with Gasteiger partial charge in [-0.05, 0) is 67.2 Å². The molecule has 4 rings (SSSR count). The fourth-order valence-corrected chi connectivity index (χ4v) is 5.06. The van der Waals surface area contributed by atoms with Crippen molar-refractivity contribution < 1.29 is 0 Å². The maximum atomic E-state index is 10.0. The van der Waals surface area contributed by atoms with E-state index in [0.29, 0.717) is 17.8 Å². The van der Waals surface area contributed by atoms with Crippen LogP contribution in [0, 0.1) is 36.0 Å². The molecule has 29 heavy (non-hydrogen) atoms. The van der Waals surface area contributed by atoms with Gasteiger partial charge in [-0.15, -0.1) is 0 Å². The van der Waals surface area contributed by atoms with Gasteiger partial charge in [0.05, 0.1) is 16.6 Å². The molecule has 2 atom stereocenters. The summed E-state index contributed by atoms with van der Waals surface area (Å²) in [6.45, 7) is 13.5. The summed E-state index contributed by atoms with van der Waals surface area (Å²) in [5, 5.41) is 10.0. The van der Waals surface area contributed by atoms with E-state index in [4.69, 9.17) is 4.98 Å². The van der Waals surface area contributed by atoms with Crippen LogP contribution in [0.3, 0.4) is 0 Å². The first kappa shape index (κ1) is 19.8. The van der Waals surface area contributed by atoms with Gasteiger partial charge in [-0.2, -0.15) is 5.26 Å². The summed E-state index contributed by atoms with van der Waals surface area (Å²) in [7, 11) is 0. The Morgan fingerprint density at radius 3 is 2.52 bits per heavy atom. The van der Waals surface area contributed by atoms with E-state index in [1.54, 1.807) is 0 Å². The number of piperidine rings is 1. The Balaban J connectivity index is 2.06. The molecule has 4 heteroatoms. The summed E-state index contributed by atoms with van der Waals surface area (Å²) < 4.78 is 2.28. The molecule has 1 fully saturated rings. The van der Waals surface area contributed by atoms with Crippen LogP contribution in [-0.2, 0) is 6.42 Å². The molecule has 0 unspecified atom stereocenters. The molecule has 0 radical (unpaired) electrons. The number of pyridine rings is 1. The highest BCUT2D eigenvalue weighted by atomic mass is 15.2. The summed E-state index contributed by atoms with van der Waals surface area (Å²) in [4.78, 5) is 7.46. The Hall–Kier alpha value is -2.54. The van der Waals surface area contributed by atoms with Crippen LogP contribution < -0.4 is 4.90 Å². The van der Waals surface area contributed by atoms with E-state index in [1.807, 2.05) is 6.07 Å². The Bertz CT molecular complexity index is 1080. The summed E-state index contributed by atoms with van der Waals surface area (Å²) in [5.74, 6) is 3.22. The van der Waals surface area contributed by atoms with E-state index in [1.165, 1.54) is 17.8 Å². The lowest BCUT2D eigenvalue weighted by Crippen LogP contribution is -2.40. The molecule has 3 aromatic rings. The van der Waals surface area contributed by atoms with Crippen molar-refractivity contribution in [1.29, 1.82) is 5.26 Å². The SMILES string of the molecule is Cc1c(CCC(C)C)c(N2C[C@@H](C)C[C@H](C)C2)n2c(nc3ccccc32)c1C#N. The zero-order chi connectivity index (χ0) is 20.7. The van der Waals surface area contributed by atoms with E-state index in [9.17, 15) is 5.26 Å². The molecule has 2 aromatic heterocycles. The van der Waals surface area contributed by atoms with Crippen molar-refractivity contribution in [1.82, 2.24) is 9.38 Å². The number of benzene rings is 1. The molecule has 0 amide bonds. The predicted molar refractivity (Wildman–Crippen MR) is 120 cm³/mol. The molecule has 1 saturated heterocycles. The smallest absolute Gasteiger partial charge is 0.157 e. The first-order valence-electron chi connectivity index (χ1n) is 11.0. The summed E-state index contributed by atoms with van der Waals surface area (Å²) in [6.07, 6.45) is 3.39. The van der Waals surface area contributed by atoms with Gasteiger partial charge in [0.1, 0.15) is 11.9 Å². The number of aromatic nitrogens is 2. The maximum absolute atomic E-state index is 10.0. The van der Waals surface area contributed by atoms with Crippen molar-refractivity contribution in [2.24, 2.45) is 17.8 Å². The molecule has 0 aliphatic carbocycles. The van der Waals surface area contributed by atoms with Crippen molar-refractivity contribution in [2.75, 3.05) is 18.0 Å². The molecule has 1 aliphatic rings. The standard InChI is InChI=1S/C25H32N4/c1-16(2)10-11-20-19(5)21(13-26)24-27-22-8-6-7-9-23(22)29(24)25(20)28-14-17(3)12-18(4)15-28/h6-9,16-18H,10-12,14-15H2,1-5H3/t17-,18-/m0/s1. The molecule has 0 N–H and O–H groups in total. The topological polar surface area (TPSA) is 44.3 Å². The van der Waals surface area contributed by atoms with Gasteiger partial charge < -0.3 is 4.90 Å². The third kappa shape index (κ3) is 3.48. The molecule has 0 saturated carbocycles. The van der Waals surface area contributed by atoms with Gasteiger partial charge in [0.2, 0.25) is 0 Å². The second kappa shape index (κ2) is 7.71. The number of anilines is 1. The highest BCUT2D eigenvalue weighted by Crippen LogP contribution is 2.37. The molecule has 3 heterocycles. The van der Waals surface area contributed by atoms with Gasteiger partial charge in [-0.25, -0.2) is 4.98 Å². The number of nitriles is 1. The average Bonchev–Trinajstić information content (AvgIpc) is 3.04. The van der Waals surface area contributed by atoms with Crippen molar-refractivity contribution in [3.05, 3.63) is 41.0 Å². The number of fused-ring (bicyclic) bond motifs is 3. The van der Waals surface area contributed by atoms with E-state index in [0.717, 1.165) is 53.7 Å². The van der Waals surface area contributed by atoms with E-state index in [2.05, 4.69) is 68.2 Å². The fraction of sp³-hybridized carbons (Fsp3) is 0.520. The molecule has 152 valence electrons. The van der Waals surface area contributed by atoms with Gasteiger partial charge in [0.25, 0.3) is 0 Å². The Morgan fingerprint density at radius 2 is 1.86 bits per heavy atom. The summed E-state index contributed by atoms with van der Waals surface area (Å²) in [6, 6.07) is 10.8. The highest BCUT2D eigenvalue weighted by molar-refractivity contribution is 5.86. The van der Waals surface area contributed by atoms with Crippen molar-refractivity contribution in [3.63, 3.8) is 0 Å². The van der Waals surface area contributed by atoms with Crippen molar-refractivity contribution >= 4 is 22.5 Å². The van der Waals surface area contributed by atoms with Crippen LogP contribution in [0.5, 0.6) is 0 Å². The van der Waals surface area contributed by atoms with Crippen LogP contribution in [0.25, 0.3) is 16.7 Å². The van der Waals surface area contributed by atoms with E-state index in [-0.39, 0.29) is 0 Å². The minimum atomic E-state index is 0.627. The van der Waals surface area contributed by atoms with Crippen LogP contribution in [0.15, 0.2) is 24.3 Å². The monoisotopic (exact) mass is 388 g/mol. The van der Waals surface area contributed by atoms with Crippen molar-refractivity contribution in [2.45, 2.75) is 53.9 Å². The minimum Gasteiger partial charge on any atom is -0.357 e.